The molecule has 1 aliphatic carbocycles. The standard InChI is InChI=1S/C22H18N2O2/c1-25-16-11-15(12-17(13-16)26-2)14-23-24-22-20-9-5-3-7-18(20)19-8-4-6-10-21(19)22/h3-14H,1-2H3/b23-14-. The molecule has 0 aromatic heterocycles. The average Bonchev–Trinajstić information content (AvgIpc) is 3.02. The van der Waals surface area contributed by atoms with Gasteiger partial charge in [0.1, 0.15) is 17.2 Å². The van der Waals surface area contributed by atoms with Crippen molar-refractivity contribution in [3.05, 3.63) is 83.4 Å². The maximum atomic E-state index is 5.29. The normalized spacial score (nSPS) is 12.0. The molecule has 0 saturated heterocycles. The van der Waals surface area contributed by atoms with Gasteiger partial charge in [0.25, 0.3) is 0 Å². The Kier molecular flexibility index (Phi) is 4.23. The van der Waals surface area contributed by atoms with Crippen molar-refractivity contribution in [1.29, 1.82) is 0 Å². The molecule has 0 atom stereocenters. The van der Waals surface area contributed by atoms with Crippen LogP contribution in [0.25, 0.3) is 11.1 Å². The van der Waals surface area contributed by atoms with Gasteiger partial charge in [-0.1, -0.05) is 48.5 Å². The summed E-state index contributed by atoms with van der Waals surface area (Å²) in [6, 6.07) is 22.2. The van der Waals surface area contributed by atoms with Crippen LogP contribution in [-0.2, 0) is 0 Å². The molecule has 0 fully saturated rings. The molecule has 1 aliphatic rings. The van der Waals surface area contributed by atoms with Crippen LogP contribution in [0.4, 0.5) is 0 Å². The van der Waals surface area contributed by atoms with Crippen LogP contribution in [0.3, 0.4) is 0 Å². The van der Waals surface area contributed by atoms with Gasteiger partial charge in [0.05, 0.1) is 20.4 Å². The predicted octanol–water partition coefficient (Wildman–Crippen LogP) is 4.56. The lowest BCUT2D eigenvalue weighted by atomic mass is 10.1. The van der Waals surface area contributed by atoms with Crippen LogP contribution in [0, 0.1) is 0 Å². The molecule has 0 N–H and O–H groups in total. The fourth-order valence-electron chi connectivity index (χ4n) is 3.16. The van der Waals surface area contributed by atoms with Crippen LogP contribution in [0.2, 0.25) is 0 Å². The maximum Gasteiger partial charge on any atom is 0.123 e. The Hall–Kier alpha value is -3.40. The summed E-state index contributed by atoms with van der Waals surface area (Å²) in [7, 11) is 3.25. The molecule has 4 nitrogen and oxygen atoms in total. The van der Waals surface area contributed by atoms with Crippen molar-refractivity contribution in [2.24, 2.45) is 10.2 Å². The molecule has 0 amide bonds. The monoisotopic (exact) mass is 342 g/mol. The van der Waals surface area contributed by atoms with Crippen LogP contribution in [0.1, 0.15) is 16.7 Å². The molecule has 3 aromatic carbocycles. The third-order valence-electron chi connectivity index (χ3n) is 4.39. The lowest BCUT2D eigenvalue weighted by Gasteiger charge is -2.05. The summed E-state index contributed by atoms with van der Waals surface area (Å²) in [5, 5.41) is 8.84. The van der Waals surface area contributed by atoms with Crippen molar-refractivity contribution in [1.82, 2.24) is 0 Å². The molecule has 0 unspecified atom stereocenters. The van der Waals surface area contributed by atoms with Gasteiger partial charge in [-0.05, 0) is 23.3 Å². The fraction of sp³-hybridized carbons (Fsp3) is 0.0909. The summed E-state index contributed by atoms with van der Waals surface area (Å²) in [6.45, 7) is 0. The van der Waals surface area contributed by atoms with Crippen molar-refractivity contribution in [3.8, 4) is 22.6 Å². The molecule has 0 bridgehead atoms. The largest absolute Gasteiger partial charge is 0.497 e. The minimum Gasteiger partial charge on any atom is -0.497 e. The molecule has 26 heavy (non-hydrogen) atoms. The Morgan fingerprint density at radius 1 is 0.692 bits per heavy atom. The van der Waals surface area contributed by atoms with Crippen LogP contribution in [0.15, 0.2) is 76.9 Å². The van der Waals surface area contributed by atoms with E-state index in [9.17, 15) is 0 Å². The van der Waals surface area contributed by atoms with E-state index in [0.29, 0.717) is 0 Å². The summed E-state index contributed by atoms with van der Waals surface area (Å²) in [6.07, 6.45) is 1.71. The number of hydrogen-bond acceptors (Lipinski definition) is 4. The van der Waals surface area contributed by atoms with Gasteiger partial charge < -0.3 is 9.47 Å². The first kappa shape index (κ1) is 16.1. The van der Waals surface area contributed by atoms with Crippen molar-refractivity contribution >= 4 is 11.9 Å². The van der Waals surface area contributed by atoms with Crippen LogP contribution >= 0.6 is 0 Å². The van der Waals surface area contributed by atoms with Crippen molar-refractivity contribution in [2.75, 3.05) is 14.2 Å². The predicted molar refractivity (Wildman–Crippen MR) is 105 cm³/mol. The third kappa shape index (κ3) is 2.86. The second kappa shape index (κ2) is 6.84. The minimum atomic E-state index is 0.718. The Morgan fingerprint density at radius 2 is 1.19 bits per heavy atom. The molecule has 128 valence electrons. The quantitative estimate of drug-likeness (QED) is 0.403. The highest BCUT2D eigenvalue weighted by atomic mass is 16.5. The molecule has 0 heterocycles. The van der Waals surface area contributed by atoms with Crippen LogP contribution in [-0.4, -0.2) is 26.1 Å². The molecule has 4 rings (SSSR count). The van der Waals surface area contributed by atoms with E-state index in [4.69, 9.17) is 9.47 Å². The number of hydrogen-bond donors (Lipinski definition) is 0. The Balaban J connectivity index is 1.72. The summed E-state index contributed by atoms with van der Waals surface area (Å²) in [4.78, 5) is 0. The van der Waals surface area contributed by atoms with Gasteiger partial charge in [-0.2, -0.15) is 5.10 Å². The van der Waals surface area contributed by atoms with E-state index in [1.165, 1.54) is 11.1 Å². The number of methoxy groups -OCH3 is 2. The van der Waals surface area contributed by atoms with E-state index < -0.39 is 0 Å². The summed E-state index contributed by atoms with van der Waals surface area (Å²) >= 11 is 0. The molecule has 0 aliphatic heterocycles. The molecule has 4 heteroatoms. The average molecular weight is 342 g/mol. The van der Waals surface area contributed by atoms with E-state index in [1.807, 2.05) is 42.5 Å². The zero-order chi connectivity index (χ0) is 17.9. The Morgan fingerprint density at radius 3 is 1.69 bits per heavy atom. The first-order valence-corrected chi connectivity index (χ1v) is 8.33. The molecule has 0 spiro atoms. The van der Waals surface area contributed by atoms with E-state index in [2.05, 4.69) is 34.5 Å². The zero-order valence-electron chi connectivity index (χ0n) is 14.6. The Labute approximate surface area is 152 Å². The van der Waals surface area contributed by atoms with Crippen molar-refractivity contribution in [2.45, 2.75) is 0 Å². The summed E-state index contributed by atoms with van der Waals surface area (Å²) in [5.41, 5.74) is 6.36. The fourth-order valence-corrected chi connectivity index (χ4v) is 3.16. The maximum absolute atomic E-state index is 5.29. The third-order valence-corrected chi connectivity index (χ3v) is 4.39. The topological polar surface area (TPSA) is 43.2 Å². The zero-order valence-corrected chi connectivity index (χ0v) is 14.6. The Bertz CT molecular complexity index is 952. The van der Waals surface area contributed by atoms with Gasteiger partial charge in [0.2, 0.25) is 0 Å². The molecular weight excluding hydrogens is 324 g/mol. The van der Waals surface area contributed by atoms with E-state index in [-0.39, 0.29) is 0 Å². The van der Waals surface area contributed by atoms with Crippen LogP contribution < -0.4 is 9.47 Å². The number of rotatable bonds is 4. The summed E-state index contributed by atoms with van der Waals surface area (Å²) < 4.78 is 10.6. The van der Waals surface area contributed by atoms with Gasteiger partial charge >= 0.3 is 0 Å². The second-order valence-electron chi connectivity index (χ2n) is 5.93. The molecule has 0 radical (unpaired) electrons. The highest BCUT2D eigenvalue weighted by molar-refractivity contribution is 6.24. The molecular formula is C22H18N2O2. The molecule has 3 aromatic rings. The number of fused-ring (bicyclic) bond motifs is 3. The van der Waals surface area contributed by atoms with Gasteiger partial charge in [0, 0.05) is 22.8 Å². The second-order valence-corrected chi connectivity index (χ2v) is 5.93. The van der Waals surface area contributed by atoms with Crippen LogP contribution in [0.5, 0.6) is 11.5 Å². The summed E-state index contributed by atoms with van der Waals surface area (Å²) in [5.74, 6) is 1.44. The molecule has 0 saturated carbocycles. The number of nitrogens with zero attached hydrogens (tertiary/aromatic N) is 2. The minimum absolute atomic E-state index is 0.718. The van der Waals surface area contributed by atoms with Gasteiger partial charge in [-0.15, -0.1) is 5.10 Å². The van der Waals surface area contributed by atoms with Gasteiger partial charge in [-0.3, -0.25) is 0 Å². The van der Waals surface area contributed by atoms with E-state index in [0.717, 1.165) is 33.9 Å². The van der Waals surface area contributed by atoms with Crippen molar-refractivity contribution in [3.63, 3.8) is 0 Å². The first-order chi connectivity index (χ1) is 12.8. The highest BCUT2D eigenvalue weighted by Gasteiger charge is 2.23. The number of benzene rings is 3. The first-order valence-electron chi connectivity index (χ1n) is 8.33. The lowest BCUT2D eigenvalue weighted by molar-refractivity contribution is 0.394. The van der Waals surface area contributed by atoms with Gasteiger partial charge in [0.15, 0.2) is 0 Å². The SMILES string of the molecule is COc1cc(/C=N\N=C2c3ccccc3-c3ccccc32)cc(OC)c1. The highest BCUT2D eigenvalue weighted by Crippen LogP contribution is 2.36. The van der Waals surface area contributed by atoms with E-state index in [1.54, 1.807) is 20.4 Å². The smallest absolute Gasteiger partial charge is 0.123 e. The number of ether oxygens (including phenoxy) is 2. The lowest BCUT2D eigenvalue weighted by Crippen LogP contribution is -1.97. The van der Waals surface area contributed by atoms with Crippen molar-refractivity contribution < 1.29 is 9.47 Å². The van der Waals surface area contributed by atoms with Gasteiger partial charge in [-0.25, -0.2) is 0 Å². The van der Waals surface area contributed by atoms with E-state index >= 15 is 0 Å².